The Bertz CT molecular complexity index is 746. The summed E-state index contributed by atoms with van der Waals surface area (Å²) in [5.41, 5.74) is 0.781. The van der Waals surface area contributed by atoms with E-state index >= 15 is 0 Å². The molecule has 1 aliphatic rings. The Hall–Kier alpha value is -2.30. The molecule has 1 aromatic heterocycles. The quantitative estimate of drug-likeness (QED) is 0.826. The van der Waals surface area contributed by atoms with Gasteiger partial charge in [0, 0.05) is 49.6 Å². The van der Waals surface area contributed by atoms with Crippen molar-refractivity contribution in [3.05, 3.63) is 36.7 Å². The summed E-state index contributed by atoms with van der Waals surface area (Å²) in [5, 5.41) is 2.37. The van der Waals surface area contributed by atoms with Crippen LogP contribution in [0.5, 0.6) is 0 Å². The van der Waals surface area contributed by atoms with Crippen LogP contribution in [0.4, 0.5) is 10.5 Å². The lowest BCUT2D eigenvalue weighted by molar-refractivity contribution is 0.0201. The fourth-order valence-corrected chi connectivity index (χ4v) is 3.26. The molecule has 134 valence electrons. The van der Waals surface area contributed by atoms with Gasteiger partial charge in [-0.25, -0.2) is 4.79 Å². The number of aromatic nitrogens is 1. The van der Waals surface area contributed by atoms with Gasteiger partial charge in [0.2, 0.25) is 0 Å². The molecule has 1 aliphatic heterocycles. The lowest BCUT2D eigenvalue weighted by atomic mass is 10.0. The highest BCUT2D eigenvalue weighted by atomic mass is 16.6. The predicted molar refractivity (Wildman–Crippen MR) is 101 cm³/mol. The fourth-order valence-electron chi connectivity index (χ4n) is 3.26. The molecule has 0 bridgehead atoms. The largest absolute Gasteiger partial charge is 0.444 e. The third kappa shape index (κ3) is 4.21. The van der Waals surface area contributed by atoms with Crippen molar-refractivity contribution in [2.75, 3.05) is 25.0 Å². The smallest absolute Gasteiger partial charge is 0.410 e. The molecule has 0 N–H and O–H groups in total. The molecular formula is C20H27N3O2. The van der Waals surface area contributed by atoms with E-state index in [1.165, 1.54) is 11.1 Å². The van der Waals surface area contributed by atoms with E-state index in [-0.39, 0.29) is 12.1 Å². The molecule has 3 rings (SSSR count). The van der Waals surface area contributed by atoms with Crippen LogP contribution in [0.1, 0.15) is 33.6 Å². The number of rotatable bonds is 2. The standard InChI is InChI=1S/C20H27N3O2/c1-20(2,3)25-19(24)22(4)17-8-11-23(12-9-17)18-6-5-16-14-21-10-7-15(16)13-18/h5-7,10,13-14,17H,8-9,11-12H2,1-4H3. The van der Waals surface area contributed by atoms with Gasteiger partial charge in [-0.05, 0) is 57.2 Å². The molecular weight excluding hydrogens is 314 g/mol. The monoisotopic (exact) mass is 341 g/mol. The van der Waals surface area contributed by atoms with E-state index in [2.05, 4.69) is 28.1 Å². The Morgan fingerprint density at radius 3 is 2.60 bits per heavy atom. The molecule has 0 radical (unpaired) electrons. The first-order chi connectivity index (χ1) is 11.8. The van der Waals surface area contributed by atoms with Crippen LogP contribution in [0.2, 0.25) is 0 Å². The average Bonchev–Trinajstić information content (AvgIpc) is 2.59. The summed E-state index contributed by atoms with van der Waals surface area (Å²) < 4.78 is 5.48. The minimum absolute atomic E-state index is 0.232. The van der Waals surface area contributed by atoms with Gasteiger partial charge in [0.25, 0.3) is 0 Å². The van der Waals surface area contributed by atoms with Crippen LogP contribution >= 0.6 is 0 Å². The number of carbonyl (C=O) groups is 1. The average molecular weight is 341 g/mol. The minimum atomic E-state index is -0.452. The molecule has 0 unspecified atom stereocenters. The minimum Gasteiger partial charge on any atom is -0.444 e. The zero-order chi connectivity index (χ0) is 18.0. The Kier molecular flexibility index (Phi) is 4.84. The number of benzene rings is 1. The SMILES string of the molecule is CN(C(=O)OC(C)(C)C)C1CCN(c2ccc3cnccc3c2)CC1. The van der Waals surface area contributed by atoms with Crippen LogP contribution in [0.15, 0.2) is 36.7 Å². The first-order valence-corrected chi connectivity index (χ1v) is 8.88. The lowest BCUT2D eigenvalue weighted by Gasteiger charge is -2.38. The van der Waals surface area contributed by atoms with Crippen molar-refractivity contribution in [1.82, 2.24) is 9.88 Å². The van der Waals surface area contributed by atoms with Crippen LogP contribution in [-0.2, 0) is 4.74 Å². The number of hydrogen-bond donors (Lipinski definition) is 0. The van der Waals surface area contributed by atoms with E-state index in [1.54, 1.807) is 4.90 Å². The van der Waals surface area contributed by atoms with E-state index in [9.17, 15) is 4.79 Å². The summed E-state index contributed by atoms with van der Waals surface area (Å²) in [7, 11) is 1.84. The highest BCUT2D eigenvalue weighted by Crippen LogP contribution is 2.26. The van der Waals surface area contributed by atoms with Gasteiger partial charge in [-0.15, -0.1) is 0 Å². The summed E-state index contributed by atoms with van der Waals surface area (Å²) in [6.45, 7) is 7.58. The van der Waals surface area contributed by atoms with Crippen molar-refractivity contribution in [2.24, 2.45) is 0 Å². The molecule has 1 saturated heterocycles. The maximum Gasteiger partial charge on any atom is 0.410 e. The number of pyridine rings is 1. The maximum atomic E-state index is 12.2. The molecule has 5 heteroatoms. The van der Waals surface area contributed by atoms with Crippen molar-refractivity contribution in [3.63, 3.8) is 0 Å². The number of hydrogen-bond acceptors (Lipinski definition) is 4. The number of carbonyl (C=O) groups excluding carboxylic acids is 1. The van der Waals surface area contributed by atoms with Crippen LogP contribution in [0.25, 0.3) is 10.8 Å². The Labute approximate surface area is 149 Å². The number of amides is 1. The van der Waals surface area contributed by atoms with Crippen molar-refractivity contribution >= 4 is 22.6 Å². The third-order valence-electron chi connectivity index (χ3n) is 4.68. The number of ether oxygens (including phenoxy) is 1. The highest BCUT2D eigenvalue weighted by Gasteiger charge is 2.28. The zero-order valence-corrected chi connectivity index (χ0v) is 15.5. The second-order valence-electron chi connectivity index (χ2n) is 7.72. The third-order valence-corrected chi connectivity index (χ3v) is 4.68. The Morgan fingerprint density at radius 1 is 1.20 bits per heavy atom. The Balaban J connectivity index is 1.62. The van der Waals surface area contributed by atoms with Crippen LogP contribution in [-0.4, -0.2) is 47.8 Å². The fraction of sp³-hybridized carbons (Fsp3) is 0.500. The molecule has 2 aromatic rings. The lowest BCUT2D eigenvalue weighted by Crippen LogP contribution is -2.47. The molecule has 2 heterocycles. The molecule has 0 atom stereocenters. The molecule has 0 saturated carbocycles. The summed E-state index contributed by atoms with van der Waals surface area (Å²) in [6.07, 6.45) is 5.38. The van der Waals surface area contributed by atoms with Gasteiger partial charge in [0.05, 0.1) is 0 Å². The van der Waals surface area contributed by atoms with Gasteiger partial charge in [0.15, 0.2) is 0 Å². The second kappa shape index (κ2) is 6.90. The van der Waals surface area contributed by atoms with Gasteiger partial charge < -0.3 is 14.5 Å². The normalized spacial score (nSPS) is 16.1. The van der Waals surface area contributed by atoms with Gasteiger partial charge in [-0.2, -0.15) is 0 Å². The number of fused-ring (bicyclic) bond motifs is 1. The van der Waals surface area contributed by atoms with Gasteiger partial charge in [-0.3, -0.25) is 4.98 Å². The molecule has 1 aromatic carbocycles. The molecule has 0 spiro atoms. The van der Waals surface area contributed by atoms with E-state index in [0.29, 0.717) is 0 Å². The summed E-state index contributed by atoms with van der Waals surface area (Å²) in [4.78, 5) is 20.6. The van der Waals surface area contributed by atoms with Crippen molar-refractivity contribution in [2.45, 2.75) is 45.3 Å². The zero-order valence-electron chi connectivity index (χ0n) is 15.5. The van der Waals surface area contributed by atoms with Gasteiger partial charge in [-0.1, -0.05) is 6.07 Å². The van der Waals surface area contributed by atoms with Crippen LogP contribution in [0.3, 0.4) is 0 Å². The first kappa shape index (κ1) is 17.5. The van der Waals surface area contributed by atoms with Gasteiger partial charge >= 0.3 is 6.09 Å². The summed E-state index contributed by atoms with van der Waals surface area (Å²) >= 11 is 0. The van der Waals surface area contributed by atoms with Crippen molar-refractivity contribution in [1.29, 1.82) is 0 Å². The first-order valence-electron chi connectivity index (χ1n) is 8.88. The van der Waals surface area contributed by atoms with E-state index in [1.807, 2.05) is 46.3 Å². The summed E-state index contributed by atoms with van der Waals surface area (Å²) in [6, 6.07) is 8.77. The van der Waals surface area contributed by atoms with Crippen LogP contribution in [0, 0.1) is 0 Å². The molecule has 5 nitrogen and oxygen atoms in total. The van der Waals surface area contributed by atoms with Crippen LogP contribution < -0.4 is 4.90 Å². The topological polar surface area (TPSA) is 45.7 Å². The molecule has 25 heavy (non-hydrogen) atoms. The van der Waals surface area contributed by atoms with Gasteiger partial charge in [0.1, 0.15) is 5.60 Å². The number of nitrogens with zero attached hydrogens (tertiary/aromatic N) is 3. The van der Waals surface area contributed by atoms with Crippen molar-refractivity contribution in [3.8, 4) is 0 Å². The number of anilines is 1. The molecule has 0 aliphatic carbocycles. The molecule has 1 amide bonds. The van der Waals surface area contributed by atoms with E-state index < -0.39 is 5.60 Å². The summed E-state index contributed by atoms with van der Waals surface area (Å²) in [5.74, 6) is 0. The van der Waals surface area contributed by atoms with E-state index in [0.717, 1.165) is 31.3 Å². The predicted octanol–water partition coefficient (Wildman–Crippen LogP) is 4.07. The maximum absolute atomic E-state index is 12.2. The second-order valence-corrected chi connectivity index (χ2v) is 7.72. The Morgan fingerprint density at radius 2 is 1.92 bits per heavy atom. The van der Waals surface area contributed by atoms with E-state index in [4.69, 9.17) is 4.74 Å². The van der Waals surface area contributed by atoms with Crippen molar-refractivity contribution < 1.29 is 9.53 Å². The molecule has 1 fully saturated rings. The number of piperidine rings is 1. The highest BCUT2D eigenvalue weighted by molar-refractivity contribution is 5.85.